The molecule has 0 unspecified atom stereocenters. The van der Waals surface area contributed by atoms with Crippen molar-refractivity contribution in [2.24, 2.45) is 0 Å². The summed E-state index contributed by atoms with van der Waals surface area (Å²) in [5.74, 6) is 0.379. The summed E-state index contributed by atoms with van der Waals surface area (Å²) in [6.45, 7) is 0.978. The van der Waals surface area contributed by atoms with Crippen molar-refractivity contribution in [2.45, 2.75) is 25.1 Å². The lowest BCUT2D eigenvalue weighted by molar-refractivity contribution is -0.384. The SMILES string of the molecule is O=[N+]([O-])c1ccc(N2CCN(c3nc(NCC(F)(F)F)nc(NC4Cc5ccccc5C4)n3)CC2)cc1. The van der Waals surface area contributed by atoms with Crippen LogP contribution in [0.25, 0.3) is 0 Å². The van der Waals surface area contributed by atoms with Crippen molar-refractivity contribution in [3.63, 3.8) is 0 Å². The molecule has 0 spiro atoms. The number of nitro benzene ring substituents is 1. The first-order valence-corrected chi connectivity index (χ1v) is 11.9. The number of benzene rings is 2. The fourth-order valence-electron chi connectivity index (χ4n) is 4.62. The highest BCUT2D eigenvalue weighted by atomic mass is 19.4. The van der Waals surface area contributed by atoms with E-state index in [1.165, 1.54) is 23.3 Å². The maximum Gasteiger partial charge on any atom is 0.405 e. The lowest BCUT2D eigenvalue weighted by Gasteiger charge is -2.36. The second kappa shape index (κ2) is 10.1. The number of alkyl halides is 3. The van der Waals surface area contributed by atoms with Crippen LogP contribution in [0.15, 0.2) is 48.5 Å². The molecule has 5 rings (SSSR count). The molecule has 1 fully saturated rings. The van der Waals surface area contributed by atoms with E-state index in [1.54, 1.807) is 12.1 Å². The number of halogens is 3. The number of aromatic nitrogens is 3. The summed E-state index contributed by atoms with van der Waals surface area (Å²) in [5.41, 5.74) is 3.34. The topological polar surface area (TPSA) is 112 Å². The minimum absolute atomic E-state index is 0.0249. The lowest BCUT2D eigenvalue weighted by atomic mass is 10.1. The van der Waals surface area contributed by atoms with Crippen LogP contribution in [0.2, 0.25) is 0 Å². The van der Waals surface area contributed by atoms with Gasteiger partial charge in [0.25, 0.3) is 5.69 Å². The van der Waals surface area contributed by atoms with Crippen molar-refractivity contribution in [1.29, 1.82) is 0 Å². The maximum absolute atomic E-state index is 12.8. The minimum atomic E-state index is -4.41. The van der Waals surface area contributed by atoms with E-state index in [2.05, 4.69) is 42.6 Å². The van der Waals surface area contributed by atoms with Crippen molar-refractivity contribution >= 4 is 29.2 Å². The van der Waals surface area contributed by atoms with Crippen LogP contribution in [0, 0.1) is 10.1 Å². The van der Waals surface area contributed by atoms with Crippen LogP contribution in [0.5, 0.6) is 0 Å². The summed E-state index contributed by atoms with van der Waals surface area (Å²) in [6.07, 6.45) is -2.86. The van der Waals surface area contributed by atoms with Crippen LogP contribution in [0.4, 0.5) is 42.4 Å². The summed E-state index contributed by atoms with van der Waals surface area (Å²) in [6, 6.07) is 14.5. The average molecular weight is 515 g/mol. The average Bonchev–Trinajstić information content (AvgIpc) is 3.29. The van der Waals surface area contributed by atoms with Gasteiger partial charge in [-0.1, -0.05) is 24.3 Å². The van der Waals surface area contributed by atoms with Gasteiger partial charge in [-0.25, -0.2) is 0 Å². The molecular weight excluding hydrogens is 489 g/mol. The van der Waals surface area contributed by atoms with Crippen molar-refractivity contribution < 1.29 is 18.1 Å². The van der Waals surface area contributed by atoms with Gasteiger partial charge in [-0.15, -0.1) is 0 Å². The zero-order valence-electron chi connectivity index (χ0n) is 19.8. The summed E-state index contributed by atoms with van der Waals surface area (Å²) < 4.78 is 38.5. The molecule has 1 aliphatic heterocycles. The van der Waals surface area contributed by atoms with Gasteiger partial charge in [0.15, 0.2) is 0 Å². The highest BCUT2D eigenvalue weighted by molar-refractivity contribution is 5.53. The molecule has 3 aromatic rings. The van der Waals surface area contributed by atoms with Crippen LogP contribution in [0.1, 0.15) is 11.1 Å². The third-order valence-corrected chi connectivity index (χ3v) is 6.44. The van der Waals surface area contributed by atoms with Crippen molar-refractivity contribution in [1.82, 2.24) is 15.0 Å². The Hall–Kier alpha value is -4.16. The molecule has 194 valence electrons. The predicted octanol–water partition coefficient (Wildman–Crippen LogP) is 3.66. The summed E-state index contributed by atoms with van der Waals surface area (Å²) in [7, 11) is 0. The number of anilines is 4. The molecule has 0 atom stereocenters. The Kier molecular flexibility index (Phi) is 6.68. The molecule has 13 heteroatoms. The Morgan fingerprint density at radius 3 is 2.08 bits per heavy atom. The maximum atomic E-state index is 12.8. The molecule has 1 aromatic heterocycles. The molecule has 1 saturated heterocycles. The largest absolute Gasteiger partial charge is 0.405 e. The first kappa shape index (κ1) is 24.5. The number of non-ortho nitro benzene ring substituents is 1. The van der Waals surface area contributed by atoms with Crippen molar-refractivity contribution in [2.75, 3.05) is 53.2 Å². The van der Waals surface area contributed by atoms with Crippen LogP contribution in [0.3, 0.4) is 0 Å². The number of nitro groups is 1. The van der Waals surface area contributed by atoms with Gasteiger partial charge in [-0.3, -0.25) is 10.1 Å². The van der Waals surface area contributed by atoms with E-state index in [9.17, 15) is 23.3 Å². The van der Waals surface area contributed by atoms with Crippen LogP contribution < -0.4 is 20.4 Å². The summed E-state index contributed by atoms with van der Waals surface area (Å²) in [4.78, 5) is 27.4. The van der Waals surface area contributed by atoms with Crippen molar-refractivity contribution in [3.05, 3.63) is 69.8 Å². The molecule has 0 radical (unpaired) electrons. The van der Waals surface area contributed by atoms with Crippen LogP contribution >= 0.6 is 0 Å². The third kappa shape index (κ3) is 5.98. The lowest BCUT2D eigenvalue weighted by Crippen LogP contribution is -2.47. The minimum Gasteiger partial charge on any atom is -0.368 e. The molecule has 0 amide bonds. The number of piperazine rings is 1. The van der Waals surface area contributed by atoms with Crippen molar-refractivity contribution in [3.8, 4) is 0 Å². The van der Waals surface area contributed by atoms with Gasteiger partial charge in [0.05, 0.1) is 4.92 Å². The van der Waals surface area contributed by atoms with E-state index < -0.39 is 17.6 Å². The van der Waals surface area contributed by atoms with E-state index in [4.69, 9.17) is 0 Å². The quantitative estimate of drug-likeness (QED) is 0.360. The Balaban J connectivity index is 1.30. The number of nitrogens with zero attached hydrogens (tertiary/aromatic N) is 6. The van der Waals surface area contributed by atoms with Crippen LogP contribution in [-0.4, -0.2) is 64.8 Å². The highest BCUT2D eigenvalue weighted by Crippen LogP contribution is 2.26. The molecule has 1 aliphatic carbocycles. The van der Waals surface area contributed by atoms with Gasteiger partial charge in [0.1, 0.15) is 6.54 Å². The van der Waals surface area contributed by atoms with Gasteiger partial charge in [-0.05, 0) is 36.1 Å². The predicted molar refractivity (Wildman–Crippen MR) is 133 cm³/mol. The van der Waals surface area contributed by atoms with E-state index in [1.807, 2.05) is 17.0 Å². The number of fused-ring (bicyclic) bond motifs is 1. The van der Waals surface area contributed by atoms with E-state index in [-0.39, 0.29) is 23.6 Å². The summed E-state index contributed by atoms with van der Waals surface area (Å²) >= 11 is 0. The molecule has 2 heterocycles. The first-order chi connectivity index (χ1) is 17.7. The molecule has 2 aromatic carbocycles. The monoisotopic (exact) mass is 514 g/mol. The smallest absolute Gasteiger partial charge is 0.368 e. The molecule has 10 nitrogen and oxygen atoms in total. The van der Waals surface area contributed by atoms with Gasteiger partial charge < -0.3 is 20.4 Å². The molecule has 0 saturated carbocycles. The van der Waals surface area contributed by atoms with Gasteiger partial charge in [0.2, 0.25) is 17.8 Å². The van der Waals surface area contributed by atoms with Gasteiger partial charge in [0, 0.05) is 50.0 Å². The summed E-state index contributed by atoms with van der Waals surface area (Å²) in [5, 5.41) is 16.5. The van der Waals surface area contributed by atoms with E-state index >= 15 is 0 Å². The fraction of sp³-hybridized carbons (Fsp3) is 0.375. The Bertz CT molecular complexity index is 1240. The number of hydrogen-bond donors (Lipinski definition) is 2. The normalized spacial score (nSPS) is 16.0. The molecule has 2 N–H and O–H groups in total. The Labute approximate surface area is 210 Å². The number of rotatable bonds is 7. The number of hydrogen-bond acceptors (Lipinski definition) is 9. The third-order valence-electron chi connectivity index (χ3n) is 6.44. The fourth-order valence-corrected chi connectivity index (χ4v) is 4.62. The van der Waals surface area contributed by atoms with Crippen LogP contribution in [-0.2, 0) is 12.8 Å². The Morgan fingerprint density at radius 2 is 1.49 bits per heavy atom. The van der Waals surface area contributed by atoms with Gasteiger partial charge >= 0.3 is 6.18 Å². The number of nitrogens with one attached hydrogen (secondary N) is 2. The Morgan fingerprint density at radius 1 is 0.892 bits per heavy atom. The molecular formula is C24H25F3N8O2. The first-order valence-electron chi connectivity index (χ1n) is 11.9. The van der Waals surface area contributed by atoms with E-state index in [0.717, 1.165) is 18.5 Å². The second-order valence-electron chi connectivity index (χ2n) is 9.02. The zero-order valence-corrected chi connectivity index (χ0v) is 19.8. The molecule has 0 bridgehead atoms. The molecule has 2 aliphatic rings. The second-order valence-corrected chi connectivity index (χ2v) is 9.02. The van der Waals surface area contributed by atoms with E-state index in [0.29, 0.717) is 32.1 Å². The standard InChI is InChI=1S/C24H25F3N8O2/c25-24(26,27)15-28-21-30-22(29-18-13-16-3-1-2-4-17(16)14-18)32-23(31-21)34-11-9-33(10-12-34)19-5-7-20(8-6-19)35(36)37/h1-8,18H,9-15H2,(H2,28,29,30,31,32). The highest BCUT2D eigenvalue weighted by Gasteiger charge is 2.28. The zero-order chi connectivity index (χ0) is 26.0. The molecule has 37 heavy (non-hydrogen) atoms. The van der Waals surface area contributed by atoms with Gasteiger partial charge in [-0.2, -0.15) is 28.1 Å².